The number of ether oxygens (including phenoxy) is 1. The lowest BCUT2D eigenvalue weighted by Gasteiger charge is -1.98. The minimum atomic E-state index is -0.128. The Morgan fingerprint density at radius 2 is 2.09 bits per heavy atom. The van der Waals surface area contributed by atoms with Crippen LogP contribution in [0.3, 0.4) is 0 Å². The highest BCUT2D eigenvalue weighted by molar-refractivity contribution is 5.71. The molecule has 0 radical (unpaired) electrons. The summed E-state index contributed by atoms with van der Waals surface area (Å²) in [6.45, 7) is 4.56. The minimum Gasteiger partial charge on any atom is -0.465 e. The van der Waals surface area contributed by atoms with Gasteiger partial charge in [-0.25, -0.2) is 0 Å². The second kappa shape index (κ2) is 7.32. The van der Waals surface area contributed by atoms with Crippen molar-refractivity contribution in [3.05, 3.63) is 12.2 Å². The van der Waals surface area contributed by atoms with Gasteiger partial charge in [0, 0.05) is 0 Å². The average molecular weight is 156 g/mol. The summed E-state index contributed by atoms with van der Waals surface area (Å²) in [5.74, 6) is -0.128. The van der Waals surface area contributed by atoms with Crippen LogP contribution in [-0.2, 0) is 9.53 Å². The Labute approximate surface area is 68.2 Å². The van der Waals surface area contributed by atoms with Gasteiger partial charge >= 0.3 is 5.97 Å². The number of hydrogen-bond acceptors (Lipinski definition) is 2. The van der Waals surface area contributed by atoms with E-state index in [-0.39, 0.29) is 5.97 Å². The molecule has 0 rings (SSSR count). The molecule has 0 saturated carbocycles. The lowest BCUT2D eigenvalue weighted by molar-refractivity contribution is -0.142. The van der Waals surface area contributed by atoms with E-state index in [9.17, 15) is 4.79 Å². The van der Waals surface area contributed by atoms with Crippen LogP contribution in [0.4, 0.5) is 0 Å². The molecule has 0 atom stereocenters. The van der Waals surface area contributed by atoms with Crippen LogP contribution in [0.15, 0.2) is 12.2 Å². The molecule has 0 aromatic heterocycles. The van der Waals surface area contributed by atoms with Gasteiger partial charge in [0.05, 0.1) is 13.0 Å². The van der Waals surface area contributed by atoms with Crippen molar-refractivity contribution in [2.24, 2.45) is 0 Å². The number of rotatable bonds is 5. The van der Waals surface area contributed by atoms with Crippen molar-refractivity contribution in [2.75, 3.05) is 6.61 Å². The summed E-state index contributed by atoms with van der Waals surface area (Å²) in [7, 11) is 0. The van der Waals surface area contributed by atoms with E-state index < -0.39 is 0 Å². The van der Waals surface area contributed by atoms with Crippen LogP contribution in [0.5, 0.6) is 0 Å². The summed E-state index contributed by atoms with van der Waals surface area (Å²) < 4.78 is 4.85. The summed E-state index contributed by atoms with van der Waals surface area (Å²) >= 11 is 0. The molecule has 0 aromatic rings. The molecule has 0 aromatic carbocycles. The third-order valence-electron chi connectivity index (χ3n) is 1.15. The third kappa shape index (κ3) is 7.10. The highest BCUT2D eigenvalue weighted by Gasteiger charge is 1.96. The van der Waals surface area contributed by atoms with E-state index in [0.717, 1.165) is 12.8 Å². The Morgan fingerprint density at radius 1 is 1.36 bits per heavy atom. The first kappa shape index (κ1) is 10.2. The van der Waals surface area contributed by atoms with Crippen LogP contribution in [0, 0.1) is 0 Å². The summed E-state index contributed by atoms with van der Waals surface area (Å²) in [6, 6.07) is 0. The van der Waals surface area contributed by atoms with Gasteiger partial charge in [0.15, 0.2) is 0 Å². The maximum Gasteiger partial charge on any atom is 0.309 e. The van der Waals surface area contributed by atoms with Crippen LogP contribution in [0.2, 0.25) is 0 Å². The van der Waals surface area contributed by atoms with Gasteiger partial charge in [0.1, 0.15) is 0 Å². The monoisotopic (exact) mass is 156 g/mol. The fraction of sp³-hybridized carbons (Fsp3) is 0.667. The zero-order chi connectivity index (χ0) is 8.53. The van der Waals surface area contributed by atoms with Crippen LogP contribution in [0.1, 0.15) is 33.1 Å². The highest BCUT2D eigenvalue weighted by Crippen LogP contribution is 1.91. The van der Waals surface area contributed by atoms with Crippen molar-refractivity contribution in [1.29, 1.82) is 0 Å². The predicted molar refractivity (Wildman–Crippen MR) is 45.3 cm³/mol. The lowest BCUT2D eigenvalue weighted by atomic mass is 10.3. The number of hydrogen-bond donors (Lipinski definition) is 0. The maximum atomic E-state index is 10.8. The Balaban J connectivity index is 3.29. The van der Waals surface area contributed by atoms with Gasteiger partial charge in [-0.05, 0) is 12.8 Å². The number of esters is 1. The lowest BCUT2D eigenvalue weighted by Crippen LogP contribution is -2.03. The SMILES string of the molecule is CCC=CCC(=O)OCCC. The summed E-state index contributed by atoms with van der Waals surface area (Å²) in [5.41, 5.74) is 0. The first-order valence-corrected chi connectivity index (χ1v) is 4.11. The van der Waals surface area contributed by atoms with E-state index in [1.165, 1.54) is 0 Å². The molecule has 11 heavy (non-hydrogen) atoms. The quantitative estimate of drug-likeness (QED) is 0.451. The molecule has 0 spiro atoms. The van der Waals surface area contributed by atoms with E-state index in [1.807, 2.05) is 26.0 Å². The zero-order valence-corrected chi connectivity index (χ0v) is 7.30. The minimum absolute atomic E-state index is 0.128. The Hall–Kier alpha value is -0.790. The van der Waals surface area contributed by atoms with Crippen molar-refractivity contribution in [1.82, 2.24) is 0 Å². The molecular formula is C9H16O2. The van der Waals surface area contributed by atoms with Gasteiger partial charge in [-0.3, -0.25) is 4.79 Å². The molecule has 0 saturated heterocycles. The Kier molecular flexibility index (Phi) is 6.79. The van der Waals surface area contributed by atoms with Gasteiger partial charge in [-0.1, -0.05) is 26.0 Å². The molecular weight excluding hydrogens is 140 g/mol. The van der Waals surface area contributed by atoms with Gasteiger partial charge in [-0.15, -0.1) is 0 Å². The van der Waals surface area contributed by atoms with Gasteiger partial charge in [-0.2, -0.15) is 0 Å². The third-order valence-corrected chi connectivity index (χ3v) is 1.15. The molecule has 0 fully saturated rings. The molecule has 2 nitrogen and oxygen atoms in total. The van der Waals surface area contributed by atoms with Crippen molar-refractivity contribution >= 4 is 5.97 Å². The predicted octanol–water partition coefficient (Wildman–Crippen LogP) is 2.30. The topological polar surface area (TPSA) is 26.3 Å². The molecule has 0 aliphatic rings. The maximum absolute atomic E-state index is 10.8. The molecule has 64 valence electrons. The molecule has 0 amide bonds. The van der Waals surface area contributed by atoms with Crippen LogP contribution in [-0.4, -0.2) is 12.6 Å². The zero-order valence-electron chi connectivity index (χ0n) is 7.30. The van der Waals surface area contributed by atoms with Crippen LogP contribution >= 0.6 is 0 Å². The highest BCUT2D eigenvalue weighted by atomic mass is 16.5. The van der Waals surface area contributed by atoms with E-state index in [0.29, 0.717) is 13.0 Å². The van der Waals surface area contributed by atoms with E-state index in [4.69, 9.17) is 4.74 Å². The van der Waals surface area contributed by atoms with Crippen molar-refractivity contribution in [2.45, 2.75) is 33.1 Å². The molecule has 0 aliphatic heterocycles. The first-order chi connectivity index (χ1) is 5.31. The standard InChI is InChI=1S/C9H16O2/c1-3-5-6-7-9(10)11-8-4-2/h5-6H,3-4,7-8H2,1-2H3. The second-order valence-electron chi connectivity index (χ2n) is 2.30. The Morgan fingerprint density at radius 3 is 2.64 bits per heavy atom. The Bertz CT molecular complexity index is 128. The molecule has 0 bridgehead atoms. The molecule has 0 unspecified atom stereocenters. The summed E-state index contributed by atoms with van der Waals surface area (Å²) in [4.78, 5) is 10.8. The normalized spacial score (nSPS) is 10.4. The number of allylic oxidation sites excluding steroid dienone is 1. The van der Waals surface area contributed by atoms with Gasteiger partial charge in [0.2, 0.25) is 0 Å². The number of carbonyl (C=O) groups is 1. The fourth-order valence-corrected chi connectivity index (χ4v) is 0.621. The smallest absolute Gasteiger partial charge is 0.309 e. The van der Waals surface area contributed by atoms with Crippen molar-refractivity contribution in [3.63, 3.8) is 0 Å². The van der Waals surface area contributed by atoms with Crippen molar-refractivity contribution < 1.29 is 9.53 Å². The molecule has 0 aliphatic carbocycles. The largest absolute Gasteiger partial charge is 0.465 e. The number of carbonyl (C=O) groups excluding carboxylic acids is 1. The first-order valence-electron chi connectivity index (χ1n) is 4.11. The summed E-state index contributed by atoms with van der Waals surface area (Å²) in [5, 5.41) is 0. The van der Waals surface area contributed by atoms with Gasteiger partial charge < -0.3 is 4.74 Å². The average Bonchev–Trinajstić information content (AvgIpc) is 2.01. The summed E-state index contributed by atoms with van der Waals surface area (Å²) in [6.07, 6.45) is 6.09. The van der Waals surface area contributed by atoms with E-state index >= 15 is 0 Å². The van der Waals surface area contributed by atoms with Gasteiger partial charge in [0.25, 0.3) is 0 Å². The van der Waals surface area contributed by atoms with Crippen LogP contribution < -0.4 is 0 Å². The van der Waals surface area contributed by atoms with Crippen molar-refractivity contribution in [3.8, 4) is 0 Å². The van der Waals surface area contributed by atoms with E-state index in [1.54, 1.807) is 0 Å². The van der Waals surface area contributed by atoms with E-state index in [2.05, 4.69) is 0 Å². The molecule has 0 heterocycles. The molecule has 2 heteroatoms. The fourth-order valence-electron chi connectivity index (χ4n) is 0.621. The molecule has 0 N–H and O–H groups in total. The van der Waals surface area contributed by atoms with Crippen LogP contribution in [0.25, 0.3) is 0 Å². The second-order valence-corrected chi connectivity index (χ2v) is 2.30.